The molecule has 1 saturated heterocycles. The minimum atomic E-state index is -1.83. The van der Waals surface area contributed by atoms with Gasteiger partial charge in [-0.1, -0.05) is 41.4 Å². The fourth-order valence-electron chi connectivity index (χ4n) is 4.13. The predicted molar refractivity (Wildman–Crippen MR) is 122 cm³/mol. The van der Waals surface area contributed by atoms with Gasteiger partial charge >= 0.3 is 5.97 Å². The van der Waals surface area contributed by atoms with Gasteiger partial charge in [-0.15, -0.1) is 0 Å². The average molecular weight is 473 g/mol. The van der Waals surface area contributed by atoms with E-state index in [0.29, 0.717) is 33.3 Å². The molecule has 5 nitrogen and oxygen atoms in total. The zero-order valence-corrected chi connectivity index (χ0v) is 19.1. The maximum absolute atomic E-state index is 13.1. The number of rotatable bonds is 6. The van der Waals surface area contributed by atoms with Crippen LogP contribution in [0.5, 0.6) is 11.5 Å². The number of hydrogen-bond donors (Lipinski definition) is 1. The second-order valence-electron chi connectivity index (χ2n) is 7.66. The molecule has 1 heterocycles. The Morgan fingerprint density at radius 3 is 2.06 bits per heavy atom. The summed E-state index contributed by atoms with van der Waals surface area (Å²) in [5.41, 5.74) is 2.02. The number of aliphatic hydroxyl groups is 1. The highest BCUT2D eigenvalue weighted by Crippen LogP contribution is 2.49. The van der Waals surface area contributed by atoms with E-state index in [9.17, 15) is 9.90 Å². The first-order valence-electron chi connectivity index (χ1n) is 10.0. The predicted octanol–water partition coefficient (Wildman–Crippen LogP) is 5.36. The van der Waals surface area contributed by atoms with Crippen molar-refractivity contribution in [3.8, 4) is 11.5 Å². The topological polar surface area (TPSA) is 65.0 Å². The van der Waals surface area contributed by atoms with Crippen molar-refractivity contribution in [1.82, 2.24) is 0 Å². The van der Waals surface area contributed by atoms with Gasteiger partial charge in [-0.25, -0.2) is 0 Å². The van der Waals surface area contributed by atoms with Crippen molar-refractivity contribution in [3.63, 3.8) is 0 Å². The van der Waals surface area contributed by atoms with Crippen LogP contribution in [-0.4, -0.2) is 25.3 Å². The van der Waals surface area contributed by atoms with Gasteiger partial charge in [-0.3, -0.25) is 4.79 Å². The largest absolute Gasteiger partial charge is 0.497 e. The number of ether oxygens (including phenoxy) is 3. The van der Waals surface area contributed by atoms with E-state index in [1.807, 2.05) is 24.3 Å². The number of cyclic esters (lactones) is 1. The summed E-state index contributed by atoms with van der Waals surface area (Å²) in [5.74, 6) is -2.36. The van der Waals surface area contributed by atoms with Crippen LogP contribution >= 0.6 is 23.2 Å². The molecule has 0 spiro atoms. The van der Waals surface area contributed by atoms with Crippen molar-refractivity contribution in [3.05, 3.63) is 93.5 Å². The van der Waals surface area contributed by atoms with E-state index in [-0.39, 0.29) is 0 Å². The molecule has 7 heteroatoms. The Morgan fingerprint density at radius 1 is 0.906 bits per heavy atom. The maximum Gasteiger partial charge on any atom is 0.316 e. The standard InChI is InChI=1S/C25H22Cl2O5/c1-30-18-8-3-15(4-9-18)13-20-23(16-5-12-21(26)22(27)14-16)24(28)32-25(20,29)17-6-10-19(31-2)11-7-17/h3-12,14,20,23,29H,13H2,1-2H3/t20?,23?,25-/m0/s1. The zero-order valence-electron chi connectivity index (χ0n) is 17.5. The monoisotopic (exact) mass is 472 g/mol. The molecule has 1 fully saturated rings. The summed E-state index contributed by atoms with van der Waals surface area (Å²) < 4.78 is 16.1. The van der Waals surface area contributed by atoms with Crippen LogP contribution in [0.3, 0.4) is 0 Å². The number of carbonyl (C=O) groups is 1. The van der Waals surface area contributed by atoms with Crippen LogP contribution in [0.1, 0.15) is 22.6 Å². The third kappa shape index (κ3) is 4.16. The molecule has 0 saturated carbocycles. The Kier molecular flexibility index (Phi) is 6.33. The van der Waals surface area contributed by atoms with E-state index < -0.39 is 23.6 Å². The van der Waals surface area contributed by atoms with Gasteiger partial charge in [0.1, 0.15) is 11.5 Å². The molecule has 166 valence electrons. The van der Waals surface area contributed by atoms with Crippen molar-refractivity contribution in [1.29, 1.82) is 0 Å². The molecule has 1 N–H and O–H groups in total. The quantitative estimate of drug-likeness (QED) is 0.489. The van der Waals surface area contributed by atoms with Gasteiger partial charge in [0.05, 0.1) is 36.1 Å². The number of carbonyl (C=O) groups excluding carboxylic acids is 1. The van der Waals surface area contributed by atoms with E-state index in [2.05, 4.69) is 0 Å². The van der Waals surface area contributed by atoms with E-state index in [1.54, 1.807) is 56.7 Å². The highest BCUT2D eigenvalue weighted by atomic mass is 35.5. The molecule has 0 bridgehead atoms. The number of esters is 1. The van der Waals surface area contributed by atoms with Crippen LogP contribution < -0.4 is 9.47 Å². The molecule has 0 aromatic heterocycles. The number of halogens is 2. The van der Waals surface area contributed by atoms with Gasteiger partial charge in [-0.2, -0.15) is 0 Å². The molecule has 3 aromatic rings. The van der Waals surface area contributed by atoms with Crippen LogP contribution in [0.25, 0.3) is 0 Å². The first-order chi connectivity index (χ1) is 15.4. The summed E-state index contributed by atoms with van der Waals surface area (Å²) in [6.45, 7) is 0. The van der Waals surface area contributed by atoms with Gasteiger partial charge in [0.15, 0.2) is 0 Å². The highest BCUT2D eigenvalue weighted by Gasteiger charge is 2.56. The fraction of sp³-hybridized carbons (Fsp3) is 0.240. The molecule has 4 rings (SSSR count). The third-order valence-corrected chi connectivity index (χ3v) is 6.58. The summed E-state index contributed by atoms with van der Waals surface area (Å²) in [6, 6.07) is 19.4. The first kappa shape index (κ1) is 22.5. The van der Waals surface area contributed by atoms with E-state index in [0.717, 1.165) is 11.3 Å². The van der Waals surface area contributed by atoms with Gasteiger partial charge < -0.3 is 19.3 Å². The van der Waals surface area contributed by atoms with Crippen molar-refractivity contribution in [2.45, 2.75) is 18.1 Å². The van der Waals surface area contributed by atoms with Gasteiger partial charge in [0.25, 0.3) is 0 Å². The molecule has 0 radical (unpaired) electrons. The Morgan fingerprint density at radius 2 is 1.50 bits per heavy atom. The van der Waals surface area contributed by atoms with Crippen molar-refractivity contribution in [2.75, 3.05) is 14.2 Å². The van der Waals surface area contributed by atoms with Crippen LogP contribution in [0.2, 0.25) is 10.0 Å². The second kappa shape index (κ2) is 9.02. The van der Waals surface area contributed by atoms with E-state index in [1.165, 1.54) is 0 Å². The molecule has 0 amide bonds. The van der Waals surface area contributed by atoms with Gasteiger partial charge in [0.2, 0.25) is 5.79 Å². The van der Waals surface area contributed by atoms with Gasteiger partial charge in [-0.05, 0) is 66.1 Å². The maximum atomic E-state index is 13.1. The van der Waals surface area contributed by atoms with E-state index in [4.69, 9.17) is 37.4 Å². The summed E-state index contributed by atoms with van der Waals surface area (Å²) in [6.07, 6.45) is 0.378. The van der Waals surface area contributed by atoms with Crippen molar-refractivity contribution >= 4 is 29.2 Å². The Hall–Kier alpha value is -2.73. The lowest BCUT2D eigenvalue weighted by molar-refractivity contribution is -0.208. The Labute approximate surface area is 196 Å². The van der Waals surface area contributed by atoms with Crippen LogP contribution in [0, 0.1) is 5.92 Å². The molecule has 32 heavy (non-hydrogen) atoms. The lowest BCUT2D eigenvalue weighted by Crippen LogP contribution is -2.35. The lowest BCUT2D eigenvalue weighted by Gasteiger charge is -2.30. The summed E-state index contributed by atoms with van der Waals surface area (Å²) >= 11 is 12.3. The van der Waals surface area contributed by atoms with E-state index >= 15 is 0 Å². The SMILES string of the molecule is COc1ccc(CC2C(c3ccc(Cl)c(Cl)c3)C(=O)O[C@@]2(O)c2ccc(OC)cc2)cc1. The summed E-state index contributed by atoms with van der Waals surface area (Å²) in [4.78, 5) is 13.1. The highest BCUT2D eigenvalue weighted by molar-refractivity contribution is 6.42. The van der Waals surface area contributed by atoms with Crippen molar-refractivity contribution < 1.29 is 24.1 Å². The van der Waals surface area contributed by atoms with Gasteiger partial charge in [0, 0.05) is 5.56 Å². The molecular weight excluding hydrogens is 451 g/mol. The summed E-state index contributed by atoms with van der Waals surface area (Å²) in [5, 5.41) is 12.4. The lowest BCUT2D eigenvalue weighted by atomic mass is 9.77. The molecule has 0 aliphatic carbocycles. The average Bonchev–Trinajstić information content (AvgIpc) is 3.06. The molecule has 1 aliphatic rings. The Balaban J connectivity index is 1.78. The molecule has 1 aliphatic heterocycles. The second-order valence-corrected chi connectivity index (χ2v) is 8.47. The third-order valence-electron chi connectivity index (χ3n) is 5.84. The molecule has 2 unspecified atom stereocenters. The smallest absolute Gasteiger partial charge is 0.316 e. The van der Waals surface area contributed by atoms with Crippen LogP contribution in [0.15, 0.2) is 66.7 Å². The summed E-state index contributed by atoms with van der Waals surface area (Å²) in [7, 11) is 3.16. The minimum absolute atomic E-state index is 0.333. The first-order valence-corrected chi connectivity index (χ1v) is 10.8. The zero-order chi connectivity index (χ0) is 22.9. The normalized spacial score (nSPS) is 22.5. The van der Waals surface area contributed by atoms with Crippen LogP contribution in [0.4, 0.5) is 0 Å². The van der Waals surface area contributed by atoms with Crippen molar-refractivity contribution in [2.24, 2.45) is 5.92 Å². The Bertz CT molecular complexity index is 1110. The molecule has 3 atom stereocenters. The minimum Gasteiger partial charge on any atom is -0.497 e. The number of benzene rings is 3. The number of methoxy groups -OCH3 is 2. The number of hydrogen-bond acceptors (Lipinski definition) is 5. The molecular formula is C25H22Cl2O5. The van der Waals surface area contributed by atoms with Crippen LogP contribution in [-0.2, 0) is 21.7 Å². The fourth-order valence-corrected chi connectivity index (χ4v) is 4.44. The molecule has 3 aromatic carbocycles.